The van der Waals surface area contributed by atoms with Gasteiger partial charge in [-0.2, -0.15) is 0 Å². The summed E-state index contributed by atoms with van der Waals surface area (Å²) < 4.78 is 26.0. The first-order valence-corrected chi connectivity index (χ1v) is 4.05. The zero-order valence-corrected chi connectivity index (χ0v) is 7.54. The lowest BCUT2D eigenvalue weighted by Crippen LogP contribution is -2.29. The van der Waals surface area contributed by atoms with Crippen LogP contribution in [0.3, 0.4) is 0 Å². The number of aliphatic hydroxyl groups excluding tert-OH is 1. The van der Waals surface area contributed by atoms with E-state index in [4.69, 9.17) is 10.2 Å². The Balaban J connectivity index is 3.08. The molecule has 0 spiro atoms. The maximum atomic E-state index is 13.0. The molecule has 0 unspecified atom stereocenters. The molecule has 0 aromatic carbocycles. The number of aliphatic carboxylic acids is 1. The molecule has 2 N–H and O–H groups in total. The standard InChI is InChI=1S/C9H8F2O4/c10-9(11)2-5(1-7(13)14)8(15)6(3-9)4-12/h1,4,12H,2-3H2,(H,13,14)/b5-1+,6-4+. The van der Waals surface area contributed by atoms with Crippen molar-refractivity contribution in [3.05, 3.63) is 23.5 Å². The van der Waals surface area contributed by atoms with E-state index in [9.17, 15) is 18.4 Å². The molecule has 0 saturated heterocycles. The smallest absolute Gasteiger partial charge is 0.328 e. The Labute approximate surface area is 83.5 Å². The average Bonchev–Trinajstić information content (AvgIpc) is 2.09. The van der Waals surface area contributed by atoms with Gasteiger partial charge in [-0.25, -0.2) is 13.6 Å². The van der Waals surface area contributed by atoms with Gasteiger partial charge >= 0.3 is 5.97 Å². The molecule has 1 aliphatic rings. The van der Waals surface area contributed by atoms with Crippen LogP contribution in [-0.4, -0.2) is 27.9 Å². The van der Waals surface area contributed by atoms with Crippen LogP contribution in [0.5, 0.6) is 0 Å². The number of carbonyl (C=O) groups is 2. The molecule has 1 saturated carbocycles. The summed E-state index contributed by atoms with van der Waals surface area (Å²) in [4.78, 5) is 21.6. The van der Waals surface area contributed by atoms with Crippen molar-refractivity contribution in [2.24, 2.45) is 0 Å². The molecule has 0 aromatic heterocycles. The van der Waals surface area contributed by atoms with Crippen molar-refractivity contribution >= 4 is 11.8 Å². The monoisotopic (exact) mass is 218 g/mol. The molecule has 15 heavy (non-hydrogen) atoms. The first-order chi connectivity index (χ1) is 6.85. The molecule has 0 bridgehead atoms. The number of hydrogen-bond donors (Lipinski definition) is 2. The zero-order valence-electron chi connectivity index (χ0n) is 7.54. The molecule has 6 heteroatoms. The van der Waals surface area contributed by atoms with Crippen molar-refractivity contribution in [2.45, 2.75) is 18.8 Å². The minimum absolute atomic E-state index is 0.297. The van der Waals surface area contributed by atoms with Gasteiger partial charge in [-0.3, -0.25) is 4.79 Å². The maximum Gasteiger partial charge on any atom is 0.328 e. The Kier molecular flexibility index (Phi) is 2.88. The Morgan fingerprint density at radius 3 is 2.33 bits per heavy atom. The molecule has 4 nitrogen and oxygen atoms in total. The number of ketones is 1. The number of carboxylic acid groups (broad SMARTS) is 1. The molecule has 0 aromatic rings. The number of rotatable bonds is 1. The molecular weight excluding hydrogens is 210 g/mol. The van der Waals surface area contributed by atoms with Gasteiger partial charge in [-0.1, -0.05) is 0 Å². The molecule has 0 amide bonds. The van der Waals surface area contributed by atoms with Crippen LogP contribution < -0.4 is 0 Å². The van der Waals surface area contributed by atoms with Crippen LogP contribution in [0, 0.1) is 0 Å². The predicted molar refractivity (Wildman–Crippen MR) is 45.6 cm³/mol. The quantitative estimate of drug-likeness (QED) is 0.515. The normalized spacial score (nSPS) is 25.9. The summed E-state index contributed by atoms with van der Waals surface area (Å²) in [6.07, 6.45) is -1.03. The van der Waals surface area contributed by atoms with Crippen molar-refractivity contribution < 1.29 is 28.6 Å². The van der Waals surface area contributed by atoms with E-state index in [2.05, 4.69) is 0 Å². The highest BCUT2D eigenvalue weighted by molar-refractivity contribution is 6.11. The van der Waals surface area contributed by atoms with E-state index in [0.29, 0.717) is 12.3 Å². The summed E-state index contributed by atoms with van der Waals surface area (Å²) in [5.41, 5.74) is -0.974. The van der Waals surface area contributed by atoms with Crippen LogP contribution in [0.2, 0.25) is 0 Å². The number of allylic oxidation sites excluding steroid dienone is 2. The Morgan fingerprint density at radius 2 is 1.87 bits per heavy atom. The summed E-state index contributed by atoms with van der Waals surface area (Å²) in [6, 6.07) is 0. The highest BCUT2D eigenvalue weighted by Gasteiger charge is 2.40. The van der Waals surface area contributed by atoms with E-state index in [1.54, 1.807) is 0 Å². The van der Waals surface area contributed by atoms with E-state index in [1.807, 2.05) is 0 Å². The minimum atomic E-state index is -3.19. The third-order valence-corrected chi connectivity index (χ3v) is 1.94. The van der Waals surface area contributed by atoms with Gasteiger partial charge in [0.05, 0.1) is 6.26 Å². The fourth-order valence-electron chi connectivity index (χ4n) is 1.36. The second-order valence-electron chi connectivity index (χ2n) is 3.20. The van der Waals surface area contributed by atoms with E-state index in [-0.39, 0.29) is 0 Å². The first kappa shape index (κ1) is 11.4. The Morgan fingerprint density at radius 1 is 1.33 bits per heavy atom. The summed E-state index contributed by atoms with van der Waals surface area (Å²) in [5, 5.41) is 16.9. The van der Waals surface area contributed by atoms with E-state index in [0.717, 1.165) is 0 Å². The molecule has 1 fully saturated rings. The highest BCUT2D eigenvalue weighted by atomic mass is 19.3. The largest absolute Gasteiger partial charge is 0.515 e. The zero-order chi connectivity index (χ0) is 11.6. The van der Waals surface area contributed by atoms with Gasteiger partial charge < -0.3 is 10.2 Å². The molecule has 0 radical (unpaired) electrons. The second kappa shape index (κ2) is 3.80. The minimum Gasteiger partial charge on any atom is -0.515 e. The summed E-state index contributed by atoms with van der Waals surface area (Å²) in [6.45, 7) is 0. The van der Waals surface area contributed by atoms with E-state index >= 15 is 0 Å². The lowest BCUT2D eigenvalue weighted by molar-refractivity contribution is -0.132. The van der Waals surface area contributed by atoms with Gasteiger partial charge in [0.1, 0.15) is 0 Å². The van der Waals surface area contributed by atoms with Gasteiger partial charge in [-0.05, 0) is 0 Å². The summed E-state index contributed by atoms with van der Waals surface area (Å²) >= 11 is 0. The predicted octanol–water partition coefficient (Wildman–Crippen LogP) is 1.44. The van der Waals surface area contributed by atoms with Crippen LogP contribution in [0.4, 0.5) is 8.78 Å². The molecule has 1 aliphatic carbocycles. The second-order valence-corrected chi connectivity index (χ2v) is 3.20. The number of Topliss-reactive ketones (excluding diaryl/α,β-unsaturated/α-hetero) is 1. The van der Waals surface area contributed by atoms with Gasteiger partial charge in [0, 0.05) is 30.1 Å². The number of hydrogen-bond acceptors (Lipinski definition) is 3. The topological polar surface area (TPSA) is 74.6 Å². The molecular formula is C9H8F2O4. The van der Waals surface area contributed by atoms with Crippen LogP contribution in [0.15, 0.2) is 23.5 Å². The summed E-state index contributed by atoms with van der Waals surface area (Å²) in [5.74, 6) is -5.50. The fourth-order valence-corrected chi connectivity index (χ4v) is 1.36. The lowest BCUT2D eigenvalue weighted by Gasteiger charge is -2.24. The number of alkyl halides is 2. The molecule has 0 heterocycles. The van der Waals surface area contributed by atoms with Crippen molar-refractivity contribution in [3.8, 4) is 0 Å². The molecule has 0 atom stereocenters. The highest BCUT2D eigenvalue weighted by Crippen LogP contribution is 2.37. The number of carboxylic acids is 1. The number of carbonyl (C=O) groups excluding carboxylic acids is 1. The van der Waals surface area contributed by atoms with Crippen LogP contribution in [0.1, 0.15) is 12.8 Å². The summed E-state index contributed by atoms with van der Waals surface area (Å²) in [7, 11) is 0. The van der Waals surface area contributed by atoms with Crippen LogP contribution in [0.25, 0.3) is 0 Å². The van der Waals surface area contributed by atoms with Crippen molar-refractivity contribution in [3.63, 3.8) is 0 Å². The maximum absolute atomic E-state index is 13.0. The molecule has 82 valence electrons. The Hall–Kier alpha value is -1.72. The van der Waals surface area contributed by atoms with Gasteiger partial charge in [0.2, 0.25) is 0 Å². The molecule has 0 aliphatic heterocycles. The third kappa shape index (κ3) is 2.61. The van der Waals surface area contributed by atoms with Crippen LogP contribution in [-0.2, 0) is 9.59 Å². The van der Waals surface area contributed by atoms with Gasteiger partial charge in [0.25, 0.3) is 5.92 Å². The Bertz CT molecular complexity index is 368. The van der Waals surface area contributed by atoms with Crippen LogP contribution >= 0.6 is 0 Å². The van der Waals surface area contributed by atoms with Gasteiger partial charge in [0.15, 0.2) is 5.78 Å². The first-order valence-electron chi connectivity index (χ1n) is 4.05. The molecule has 1 rings (SSSR count). The number of aliphatic hydroxyl groups is 1. The number of halogens is 2. The van der Waals surface area contributed by atoms with E-state index in [1.165, 1.54) is 0 Å². The SMILES string of the molecule is O=C(O)/C=C1\CC(F)(F)C/C(=C\O)C1=O. The van der Waals surface area contributed by atoms with E-state index < -0.39 is 41.7 Å². The average molecular weight is 218 g/mol. The van der Waals surface area contributed by atoms with Crippen molar-refractivity contribution in [2.75, 3.05) is 0 Å². The van der Waals surface area contributed by atoms with Gasteiger partial charge in [-0.15, -0.1) is 0 Å². The van der Waals surface area contributed by atoms with Crippen molar-refractivity contribution in [1.29, 1.82) is 0 Å². The lowest BCUT2D eigenvalue weighted by atomic mass is 9.86. The third-order valence-electron chi connectivity index (χ3n) is 1.94. The fraction of sp³-hybridized carbons (Fsp3) is 0.333. The van der Waals surface area contributed by atoms with Crippen molar-refractivity contribution in [1.82, 2.24) is 0 Å².